The molecule has 9 N–H and O–H groups in total. The van der Waals surface area contributed by atoms with Crippen molar-refractivity contribution in [3.8, 4) is 0 Å². The first-order valence-electron chi connectivity index (χ1n) is 16.9. The van der Waals surface area contributed by atoms with Crippen molar-refractivity contribution in [3.63, 3.8) is 0 Å². The fourth-order valence-corrected chi connectivity index (χ4v) is 5.56. The second-order valence-corrected chi connectivity index (χ2v) is 12.2. The highest BCUT2D eigenvalue weighted by molar-refractivity contribution is 5.92. The van der Waals surface area contributed by atoms with Gasteiger partial charge in [0.1, 0.15) is 30.4 Å². The van der Waals surface area contributed by atoms with E-state index in [9.17, 15) is 39.3 Å². The first-order valence-corrected chi connectivity index (χ1v) is 16.9. The van der Waals surface area contributed by atoms with Crippen molar-refractivity contribution < 1.29 is 58.6 Å². The van der Waals surface area contributed by atoms with Crippen LogP contribution < -0.4 is 26.7 Å². The van der Waals surface area contributed by atoms with Gasteiger partial charge in [0.15, 0.2) is 6.23 Å². The quantitative estimate of drug-likeness (QED) is 0.0436. The van der Waals surface area contributed by atoms with Gasteiger partial charge in [-0.1, -0.05) is 18.2 Å². The highest BCUT2D eigenvalue weighted by Crippen LogP contribution is 2.22. The molecule has 19 nitrogen and oxygen atoms in total. The Bertz CT molecular complexity index is 1490. The van der Waals surface area contributed by atoms with Crippen LogP contribution in [0.1, 0.15) is 31.9 Å². The number of hydrazine groups is 1. The highest BCUT2D eigenvalue weighted by Gasteiger charge is 2.45. The van der Waals surface area contributed by atoms with Crippen molar-refractivity contribution in [2.24, 2.45) is 0 Å². The molecule has 1 aliphatic rings. The Morgan fingerprint density at radius 1 is 0.981 bits per heavy atom. The second kappa shape index (κ2) is 21.3. The van der Waals surface area contributed by atoms with Gasteiger partial charge in [-0.05, 0) is 24.6 Å². The molecular weight excluding hydrogens is 686 g/mol. The van der Waals surface area contributed by atoms with Crippen LogP contribution >= 0.6 is 0 Å². The number of hydrogen-bond donors (Lipinski definition) is 9. The number of carboxylic acid groups (broad SMARTS) is 1. The van der Waals surface area contributed by atoms with Crippen LogP contribution in [0, 0.1) is 0 Å². The molecule has 0 aliphatic carbocycles. The number of carboxylic acids is 1. The maximum atomic E-state index is 13.3. The summed E-state index contributed by atoms with van der Waals surface area (Å²) in [6, 6.07) is 7.11. The van der Waals surface area contributed by atoms with Crippen LogP contribution in [0.2, 0.25) is 0 Å². The van der Waals surface area contributed by atoms with Crippen LogP contribution in [0.4, 0.5) is 0 Å². The maximum Gasteiger partial charge on any atom is 0.305 e. The van der Waals surface area contributed by atoms with E-state index in [0.29, 0.717) is 6.54 Å². The number of carbonyl (C=O) groups is 5. The van der Waals surface area contributed by atoms with E-state index in [1.807, 2.05) is 47.0 Å². The van der Waals surface area contributed by atoms with E-state index in [2.05, 4.69) is 26.7 Å². The van der Waals surface area contributed by atoms with E-state index >= 15 is 0 Å². The number of aromatic nitrogens is 1. The van der Waals surface area contributed by atoms with Gasteiger partial charge in [-0.2, -0.15) is 0 Å². The van der Waals surface area contributed by atoms with Gasteiger partial charge in [0.05, 0.1) is 52.4 Å². The van der Waals surface area contributed by atoms with E-state index in [0.717, 1.165) is 16.6 Å². The molecule has 2 heterocycles. The van der Waals surface area contributed by atoms with Crippen LogP contribution in [0.5, 0.6) is 0 Å². The fourth-order valence-electron chi connectivity index (χ4n) is 5.56. The molecule has 6 unspecified atom stereocenters. The summed E-state index contributed by atoms with van der Waals surface area (Å²) < 4.78 is 18.1. The molecule has 1 aromatic carbocycles. The van der Waals surface area contributed by atoms with Crippen molar-refractivity contribution in [1.82, 2.24) is 36.3 Å². The van der Waals surface area contributed by atoms with Crippen LogP contribution in [0.25, 0.3) is 10.9 Å². The Kier molecular flexibility index (Phi) is 17.3. The molecular formula is C33H51N7O12. The average molecular weight is 738 g/mol. The predicted molar refractivity (Wildman–Crippen MR) is 184 cm³/mol. The van der Waals surface area contributed by atoms with E-state index in [-0.39, 0.29) is 52.4 Å². The number of para-hydroxylation sites is 1. The minimum atomic E-state index is -1.61. The molecule has 0 bridgehead atoms. The van der Waals surface area contributed by atoms with Crippen molar-refractivity contribution in [2.45, 2.75) is 75.9 Å². The molecule has 6 atom stereocenters. The van der Waals surface area contributed by atoms with Crippen LogP contribution in [-0.2, 0) is 51.3 Å². The van der Waals surface area contributed by atoms with Gasteiger partial charge in [0.2, 0.25) is 23.6 Å². The van der Waals surface area contributed by atoms with Gasteiger partial charge in [-0.25, -0.2) is 5.01 Å². The highest BCUT2D eigenvalue weighted by atomic mass is 16.5. The Labute approximate surface area is 300 Å². The zero-order valence-corrected chi connectivity index (χ0v) is 29.6. The summed E-state index contributed by atoms with van der Waals surface area (Å²) in [5.74, 6) is -3.58. The number of amides is 4. The zero-order chi connectivity index (χ0) is 38.2. The number of aliphatic carboxylic acids is 1. The van der Waals surface area contributed by atoms with Crippen LogP contribution in [0.15, 0.2) is 30.3 Å². The van der Waals surface area contributed by atoms with E-state index < -0.39 is 79.2 Å². The number of nitrogens with one attached hydrogen (secondary N) is 5. The number of aliphatic hydroxyl groups is 3. The Morgan fingerprint density at radius 3 is 2.37 bits per heavy atom. The summed E-state index contributed by atoms with van der Waals surface area (Å²) in [6.45, 7) is 1.68. The number of hydrogen-bond acceptors (Lipinski definition) is 13. The second-order valence-electron chi connectivity index (χ2n) is 12.2. The normalized spacial score (nSPS) is 20.7. The van der Waals surface area contributed by atoms with Gasteiger partial charge in [-0.15, -0.1) is 0 Å². The number of fused-ring (bicyclic) bond motifs is 1. The maximum absolute atomic E-state index is 13.3. The van der Waals surface area contributed by atoms with Gasteiger partial charge >= 0.3 is 5.97 Å². The monoisotopic (exact) mass is 737 g/mol. The summed E-state index contributed by atoms with van der Waals surface area (Å²) in [6.07, 6.45) is -6.60. The van der Waals surface area contributed by atoms with E-state index in [1.165, 1.54) is 6.92 Å². The minimum absolute atomic E-state index is 0.0122. The molecule has 1 aromatic heterocycles. The lowest BCUT2D eigenvalue weighted by Gasteiger charge is -2.42. The van der Waals surface area contributed by atoms with Gasteiger partial charge in [0.25, 0.3) is 0 Å². The van der Waals surface area contributed by atoms with Gasteiger partial charge in [0, 0.05) is 44.7 Å². The molecule has 3 rings (SSSR count). The lowest BCUT2D eigenvalue weighted by Crippen LogP contribution is -2.68. The number of ether oxygens (including phenoxy) is 3. The lowest BCUT2D eigenvalue weighted by atomic mass is 9.95. The molecule has 19 heteroatoms. The number of aliphatic hydroxyl groups excluding tert-OH is 3. The summed E-state index contributed by atoms with van der Waals surface area (Å²) in [7, 11) is 3.68. The molecule has 1 aliphatic heterocycles. The first kappa shape index (κ1) is 42.2. The summed E-state index contributed by atoms with van der Waals surface area (Å²) in [4.78, 5) is 62.3. The van der Waals surface area contributed by atoms with Crippen molar-refractivity contribution in [1.29, 1.82) is 0 Å². The standard InChI is InChI=1S/C33H51N7O12/c1-20(42)36-29-31(48)30(47)25(19-41)52-33(29)38-27(44)17-23(32(49)35-10-13-51-15-14-50-12-9-28(45)46)37-26(43)8-11-40-22(18-39(3)34-2)16-21-6-4-5-7-24(21)40/h4-7,16,23,25,29-31,33-34,41,47-48H,8-15,17-19H2,1-3H3,(H,35,49)(H,36,42)(H,37,43)(H,38,44)(H,45,46). The molecule has 4 amide bonds. The topological polar surface area (TPSA) is 262 Å². The lowest BCUT2D eigenvalue weighted by molar-refractivity contribution is -0.203. The van der Waals surface area contributed by atoms with Crippen LogP contribution in [0.3, 0.4) is 0 Å². The van der Waals surface area contributed by atoms with E-state index in [4.69, 9.17) is 19.3 Å². The van der Waals surface area contributed by atoms with Crippen molar-refractivity contribution in [3.05, 3.63) is 36.0 Å². The van der Waals surface area contributed by atoms with Gasteiger partial charge < -0.3 is 60.5 Å². The third-order valence-electron chi connectivity index (χ3n) is 8.26. The average Bonchev–Trinajstić information content (AvgIpc) is 3.45. The number of benzene rings is 1. The zero-order valence-electron chi connectivity index (χ0n) is 29.6. The Balaban J connectivity index is 1.68. The number of aryl methyl sites for hydroxylation is 1. The molecule has 0 radical (unpaired) electrons. The number of rotatable bonds is 22. The van der Waals surface area contributed by atoms with E-state index in [1.54, 1.807) is 7.05 Å². The molecule has 1 saturated heterocycles. The predicted octanol–water partition coefficient (Wildman–Crippen LogP) is -2.84. The molecule has 0 spiro atoms. The van der Waals surface area contributed by atoms with Crippen molar-refractivity contribution in [2.75, 3.05) is 53.7 Å². The number of carbonyl (C=O) groups excluding carboxylic acids is 4. The third kappa shape index (κ3) is 13.1. The third-order valence-corrected chi connectivity index (χ3v) is 8.26. The first-order chi connectivity index (χ1) is 24.8. The molecule has 2 aromatic rings. The Morgan fingerprint density at radius 2 is 1.69 bits per heavy atom. The summed E-state index contributed by atoms with van der Waals surface area (Å²) in [5.41, 5.74) is 4.92. The Hall–Kier alpha value is -4.21. The molecule has 52 heavy (non-hydrogen) atoms. The van der Waals surface area contributed by atoms with Crippen molar-refractivity contribution >= 4 is 40.5 Å². The minimum Gasteiger partial charge on any atom is -0.481 e. The smallest absolute Gasteiger partial charge is 0.305 e. The summed E-state index contributed by atoms with van der Waals surface area (Å²) in [5, 5.41) is 52.2. The SMILES string of the molecule is CNN(C)Cc1cc2ccccc2n1CCC(=O)NC(CC(=O)NC1OC(CO)C(O)C(O)C1NC(C)=O)C(=O)NCCOCCOCCC(=O)O. The fraction of sp³-hybridized carbons (Fsp3) is 0.606. The van der Waals surface area contributed by atoms with Crippen LogP contribution in [-0.4, -0.2) is 150 Å². The molecule has 0 saturated carbocycles. The van der Waals surface area contributed by atoms with Gasteiger partial charge in [-0.3, -0.25) is 29.4 Å². The number of nitrogens with zero attached hydrogens (tertiary/aromatic N) is 2. The molecule has 1 fully saturated rings. The molecule has 290 valence electrons. The summed E-state index contributed by atoms with van der Waals surface area (Å²) >= 11 is 0. The largest absolute Gasteiger partial charge is 0.481 e.